The number of nitrogens with zero attached hydrogens (tertiary/aromatic N) is 3. The summed E-state index contributed by atoms with van der Waals surface area (Å²) in [6.07, 6.45) is 5.41. The van der Waals surface area contributed by atoms with Crippen molar-refractivity contribution in [3.05, 3.63) is 157 Å². The highest BCUT2D eigenvalue weighted by Gasteiger charge is 2.19. The van der Waals surface area contributed by atoms with Gasteiger partial charge >= 0.3 is 0 Å². The Bertz CT molecular complexity index is 1860. The molecule has 5 rings (SSSR count). The van der Waals surface area contributed by atoms with Crippen molar-refractivity contribution >= 4 is 50.6 Å². The zero-order chi connectivity index (χ0) is 32.6. The van der Waals surface area contributed by atoms with E-state index in [-0.39, 0.29) is 21.6 Å². The zero-order valence-electron chi connectivity index (χ0n) is 23.9. The van der Waals surface area contributed by atoms with Gasteiger partial charge in [0, 0.05) is 21.1 Å². The number of para-hydroxylation sites is 1. The van der Waals surface area contributed by atoms with E-state index in [0.29, 0.717) is 40.3 Å². The van der Waals surface area contributed by atoms with Crippen LogP contribution in [0.4, 0.5) is 5.69 Å². The number of nitro benzene ring substituents is 1. The first-order chi connectivity index (χ1) is 21.4. The molecule has 0 spiro atoms. The Labute approximate surface area is 276 Å². The van der Waals surface area contributed by atoms with Crippen molar-refractivity contribution in [3.63, 3.8) is 0 Å². The second kappa shape index (κ2) is 15.5. The number of imidazole rings is 1. The van der Waals surface area contributed by atoms with Gasteiger partial charge in [-0.25, -0.2) is 17.6 Å². The van der Waals surface area contributed by atoms with Gasteiger partial charge in [0.25, 0.3) is 5.69 Å². The van der Waals surface area contributed by atoms with E-state index in [0.717, 1.165) is 16.7 Å². The normalized spacial score (nSPS) is 11.8. The van der Waals surface area contributed by atoms with Gasteiger partial charge < -0.3 is 9.29 Å². The molecule has 0 radical (unpaired) electrons. The Morgan fingerprint density at radius 3 is 2.22 bits per heavy atom. The minimum Gasteiger partial charge on any atom is -0.744 e. The highest BCUT2D eigenvalue weighted by molar-refractivity contribution is 7.85. The van der Waals surface area contributed by atoms with E-state index in [2.05, 4.69) is 0 Å². The van der Waals surface area contributed by atoms with Crippen molar-refractivity contribution in [1.29, 1.82) is 0 Å². The lowest BCUT2D eigenvalue weighted by Crippen LogP contribution is -2.32. The van der Waals surface area contributed by atoms with Crippen LogP contribution in [0.25, 0.3) is 0 Å². The Kier molecular flexibility index (Phi) is 11.7. The number of rotatable bonds is 10. The number of ether oxygens (including phenoxy) is 1. The lowest BCUT2D eigenvalue weighted by Gasteiger charge is -2.17. The molecule has 0 bridgehead atoms. The first-order valence-electron chi connectivity index (χ1n) is 13.5. The van der Waals surface area contributed by atoms with E-state index in [9.17, 15) is 23.1 Å². The van der Waals surface area contributed by atoms with Crippen LogP contribution in [-0.2, 0) is 34.6 Å². The Morgan fingerprint density at radius 2 is 1.58 bits per heavy atom. The van der Waals surface area contributed by atoms with Gasteiger partial charge in [0.1, 0.15) is 41.7 Å². The van der Waals surface area contributed by atoms with E-state index in [4.69, 9.17) is 39.5 Å². The fourth-order valence-corrected chi connectivity index (χ4v) is 5.38. The fourth-order valence-electron chi connectivity index (χ4n) is 4.32. The summed E-state index contributed by atoms with van der Waals surface area (Å²) < 4.78 is 41.3. The van der Waals surface area contributed by atoms with Gasteiger partial charge in [0.05, 0.1) is 22.0 Å². The Balaban J connectivity index is 0.000000354. The molecular weight excluding hydrogens is 661 g/mol. The third kappa shape index (κ3) is 10.1. The lowest BCUT2D eigenvalue weighted by molar-refractivity contribution is -0.688. The summed E-state index contributed by atoms with van der Waals surface area (Å²) in [7, 11) is -4.27. The SMILES string of the molecule is Cc1ccc(S(=O)(=O)[O-])cc1.O=[N+]([O-])c1ccccc1C[n+]1ccn(CC(OCc2ccc(Cl)cc2Cl)c2ccc(Cl)cc2)c1. The van der Waals surface area contributed by atoms with Crippen LogP contribution in [0.1, 0.15) is 28.4 Å². The zero-order valence-corrected chi connectivity index (χ0v) is 27.0. The van der Waals surface area contributed by atoms with Gasteiger partial charge in [-0.1, -0.05) is 82.8 Å². The van der Waals surface area contributed by atoms with Crippen LogP contribution >= 0.6 is 34.8 Å². The topological polar surface area (TPSA) is 118 Å². The molecule has 234 valence electrons. The molecule has 1 atom stereocenters. The highest BCUT2D eigenvalue weighted by atomic mass is 35.5. The summed E-state index contributed by atoms with van der Waals surface area (Å²) in [5, 5.41) is 13.1. The van der Waals surface area contributed by atoms with Gasteiger partial charge in [-0.05, 0) is 60.5 Å². The van der Waals surface area contributed by atoms with Gasteiger partial charge in [-0.2, -0.15) is 0 Å². The maximum Gasteiger partial charge on any atom is 0.276 e. The maximum absolute atomic E-state index is 11.3. The van der Waals surface area contributed by atoms with E-state index >= 15 is 0 Å². The molecule has 0 N–H and O–H groups in total. The second-order valence-electron chi connectivity index (χ2n) is 10.0. The van der Waals surface area contributed by atoms with Crippen molar-refractivity contribution < 1.29 is 27.2 Å². The molecule has 0 aliphatic carbocycles. The molecule has 0 aliphatic heterocycles. The highest BCUT2D eigenvalue weighted by Crippen LogP contribution is 2.27. The van der Waals surface area contributed by atoms with E-state index < -0.39 is 10.1 Å². The Morgan fingerprint density at radius 1 is 0.911 bits per heavy atom. The first-order valence-corrected chi connectivity index (χ1v) is 16.0. The molecule has 0 fully saturated rings. The summed E-state index contributed by atoms with van der Waals surface area (Å²) in [6, 6.07) is 25.4. The first kappa shape index (κ1) is 34.1. The van der Waals surface area contributed by atoms with Crippen LogP contribution in [0.5, 0.6) is 0 Å². The summed E-state index contributed by atoms with van der Waals surface area (Å²) in [5.74, 6) is 0. The number of hydrogen-bond acceptors (Lipinski definition) is 6. The minimum absolute atomic E-state index is 0.102. The summed E-state index contributed by atoms with van der Waals surface area (Å²) in [4.78, 5) is 10.8. The summed E-state index contributed by atoms with van der Waals surface area (Å²) in [5.41, 5.74) is 3.47. The van der Waals surface area contributed by atoms with Crippen LogP contribution in [0.2, 0.25) is 15.1 Å². The maximum atomic E-state index is 11.3. The monoisotopic (exact) mass is 687 g/mol. The van der Waals surface area contributed by atoms with Crippen LogP contribution in [-0.4, -0.2) is 22.5 Å². The predicted molar refractivity (Wildman–Crippen MR) is 171 cm³/mol. The number of aryl methyl sites for hydroxylation is 1. The van der Waals surface area contributed by atoms with Crippen LogP contribution in [0.3, 0.4) is 0 Å². The molecular formula is C32H28Cl3N3O6S. The standard InChI is InChI=1S/C25H21Cl3N3O3.C7H8O3S/c26-21-8-5-18(6-9-21)25(34-16-20-7-10-22(27)13-23(20)28)15-30-12-11-29(17-30)14-19-3-1-2-4-24(19)31(32)33;1-6-2-4-7(5-3-6)11(8,9)10/h1-13,17,25H,14-16H2;2-5H,1H3,(H,8,9,10)/q+1;/p-1. The van der Waals surface area contributed by atoms with Crippen molar-refractivity contribution in [2.24, 2.45) is 0 Å². The summed E-state index contributed by atoms with van der Waals surface area (Å²) in [6.45, 7) is 3.04. The van der Waals surface area contributed by atoms with Crippen LogP contribution in [0, 0.1) is 17.0 Å². The van der Waals surface area contributed by atoms with E-state index in [1.54, 1.807) is 42.5 Å². The van der Waals surface area contributed by atoms with Gasteiger partial charge in [-0.3, -0.25) is 10.1 Å². The molecule has 9 nitrogen and oxygen atoms in total. The molecule has 0 saturated carbocycles. The molecule has 1 unspecified atom stereocenters. The second-order valence-corrected chi connectivity index (χ2v) is 12.7. The van der Waals surface area contributed by atoms with Crippen molar-refractivity contribution in [2.45, 2.75) is 37.6 Å². The van der Waals surface area contributed by atoms with Crippen LogP contribution in [0.15, 0.2) is 115 Å². The third-order valence-electron chi connectivity index (χ3n) is 6.67. The average molecular weight is 689 g/mol. The number of hydrogen-bond donors (Lipinski definition) is 0. The fraction of sp³-hybridized carbons (Fsp3) is 0.156. The van der Waals surface area contributed by atoms with Crippen molar-refractivity contribution in [1.82, 2.24) is 4.57 Å². The van der Waals surface area contributed by atoms with Gasteiger partial charge in [0.2, 0.25) is 6.33 Å². The van der Waals surface area contributed by atoms with Crippen molar-refractivity contribution in [2.75, 3.05) is 0 Å². The molecule has 1 heterocycles. The Hall–Kier alpha value is -3.77. The minimum atomic E-state index is -4.27. The van der Waals surface area contributed by atoms with Crippen LogP contribution < -0.4 is 4.57 Å². The number of nitro groups is 1. The smallest absolute Gasteiger partial charge is 0.276 e. The number of aromatic nitrogens is 2. The molecule has 1 aromatic heterocycles. The molecule has 45 heavy (non-hydrogen) atoms. The predicted octanol–water partition coefficient (Wildman–Crippen LogP) is 7.55. The van der Waals surface area contributed by atoms with E-state index in [1.165, 1.54) is 18.2 Å². The lowest BCUT2D eigenvalue weighted by atomic mass is 10.1. The quantitative estimate of drug-likeness (QED) is 0.0647. The molecule has 0 aliphatic rings. The van der Waals surface area contributed by atoms with Gasteiger partial charge in [0.15, 0.2) is 0 Å². The molecule has 5 aromatic rings. The van der Waals surface area contributed by atoms with Gasteiger partial charge in [-0.15, -0.1) is 0 Å². The number of benzene rings is 4. The molecule has 4 aromatic carbocycles. The van der Waals surface area contributed by atoms with E-state index in [1.807, 2.05) is 65.1 Å². The molecule has 0 amide bonds. The van der Waals surface area contributed by atoms with Crippen molar-refractivity contribution in [3.8, 4) is 0 Å². The number of halogens is 3. The average Bonchev–Trinajstić information content (AvgIpc) is 3.43. The molecule has 13 heteroatoms. The largest absolute Gasteiger partial charge is 0.744 e. The molecule has 0 saturated heterocycles. The third-order valence-corrected chi connectivity index (χ3v) is 8.36. The summed E-state index contributed by atoms with van der Waals surface area (Å²) >= 11 is 18.4.